The zero-order valence-electron chi connectivity index (χ0n) is 11.4. The second kappa shape index (κ2) is 6.79. The summed E-state index contributed by atoms with van der Waals surface area (Å²) in [6, 6.07) is 8.53. The average Bonchev–Trinajstić information content (AvgIpc) is 2.92. The molecular weight excluding hydrogens is 222 g/mol. The Balaban J connectivity index is 2.09. The third-order valence-corrected chi connectivity index (χ3v) is 3.98. The van der Waals surface area contributed by atoms with E-state index in [4.69, 9.17) is 10.5 Å². The summed E-state index contributed by atoms with van der Waals surface area (Å²) in [4.78, 5) is 0. The number of nitrogens with two attached hydrogens (primary N) is 1. The standard InChI is InChI=1S/C16H25NO/c1-2-10-18-15-9-5-8-14(11-15)16(12-17)13-6-3-4-7-13/h5,8-9,11,13,16H,2-4,6-7,10,12,17H2,1H3. The fraction of sp³-hybridized carbons (Fsp3) is 0.625. The lowest BCUT2D eigenvalue weighted by atomic mass is 9.85. The maximum absolute atomic E-state index is 5.99. The molecule has 2 heteroatoms. The topological polar surface area (TPSA) is 35.2 Å². The Labute approximate surface area is 111 Å². The van der Waals surface area contributed by atoms with Crippen molar-refractivity contribution in [1.82, 2.24) is 0 Å². The van der Waals surface area contributed by atoms with Crippen LogP contribution in [-0.4, -0.2) is 13.2 Å². The maximum atomic E-state index is 5.99. The Morgan fingerprint density at radius 3 is 2.78 bits per heavy atom. The quantitative estimate of drug-likeness (QED) is 0.831. The lowest BCUT2D eigenvalue weighted by molar-refractivity contribution is 0.316. The van der Waals surface area contributed by atoms with Crippen molar-refractivity contribution in [1.29, 1.82) is 0 Å². The molecule has 0 saturated heterocycles. The van der Waals surface area contributed by atoms with Crippen molar-refractivity contribution in [3.8, 4) is 5.75 Å². The van der Waals surface area contributed by atoms with E-state index in [1.165, 1.54) is 31.2 Å². The molecule has 0 amide bonds. The Morgan fingerprint density at radius 1 is 1.33 bits per heavy atom. The highest BCUT2D eigenvalue weighted by molar-refractivity contribution is 5.31. The SMILES string of the molecule is CCCOc1cccc(C(CN)C2CCCC2)c1. The Bertz CT molecular complexity index is 358. The van der Waals surface area contributed by atoms with Gasteiger partial charge >= 0.3 is 0 Å². The Morgan fingerprint density at radius 2 is 2.11 bits per heavy atom. The number of hydrogen-bond acceptors (Lipinski definition) is 2. The molecule has 2 rings (SSSR count). The van der Waals surface area contributed by atoms with Crippen molar-refractivity contribution in [2.24, 2.45) is 11.7 Å². The molecule has 1 saturated carbocycles. The van der Waals surface area contributed by atoms with Gasteiger partial charge in [-0.25, -0.2) is 0 Å². The molecule has 0 aliphatic heterocycles. The lowest BCUT2D eigenvalue weighted by Gasteiger charge is -2.22. The van der Waals surface area contributed by atoms with E-state index in [0.717, 1.165) is 31.2 Å². The van der Waals surface area contributed by atoms with E-state index in [2.05, 4.69) is 25.1 Å². The molecule has 1 fully saturated rings. The first-order valence-electron chi connectivity index (χ1n) is 7.28. The summed E-state index contributed by atoms with van der Waals surface area (Å²) in [5.41, 5.74) is 7.35. The molecule has 0 radical (unpaired) electrons. The highest BCUT2D eigenvalue weighted by atomic mass is 16.5. The summed E-state index contributed by atoms with van der Waals surface area (Å²) in [7, 11) is 0. The summed E-state index contributed by atoms with van der Waals surface area (Å²) in [6.45, 7) is 3.67. The lowest BCUT2D eigenvalue weighted by Crippen LogP contribution is -2.19. The highest BCUT2D eigenvalue weighted by Crippen LogP contribution is 2.37. The minimum atomic E-state index is 0.512. The van der Waals surface area contributed by atoms with Gasteiger partial charge in [0.25, 0.3) is 0 Å². The molecule has 2 nitrogen and oxygen atoms in total. The monoisotopic (exact) mass is 247 g/mol. The van der Waals surface area contributed by atoms with Gasteiger partial charge in [0.2, 0.25) is 0 Å². The van der Waals surface area contributed by atoms with Gasteiger partial charge in [-0.05, 0) is 55.3 Å². The van der Waals surface area contributed by atoms with Gasteiger partial charge in [-0.15, -0.1) is 0 Å². The number of benzene rings is 1. The molecule has 1 atom stereocenters. The van der Waals surface area contributed by atoms with Gasteiger partial charge in [0.15, 0.2) is 0 Å². The summed E-state index contributed by atoms with van der Waals surface area (Å²) in [5, 5.41) is 0. The predicted molar refractivity (Wildman–Crippen MR) is 76.0 cm³/mol. The predicted octanol–water partition coefficient (Wildman–Crippen LogP) is 3.71. The van der Waals surface area contributed by atoms with E-state index in [0.29, 0.717) is 5.92 Å². The largest absolute Gasteiger partial charge is 0.494 e. The maximum Gasteiger partial charge on any atom is 0.119 e. The first-order valence-corrected chi connectivity index (χ1v) is 7.28. The first kappa shape index (κ1) is 13.4. The van der Waals surface area contributed by atoms with E-state index in [1.54, 1.807) is 0 Å². The van der Waals surface area contributed by atoms with Crippen molar-refractivity contribution in [3.05, 3.63) is 29.8 Å². The van der Waals surface area contributed by atoms with Crippen molar-refractivity contribution in [3.63, 3.8) is 0 Å². The first-order chi connectivity index (χ1) is 8.85. The van der Waals surface area contributed by atoms with E-state index < -0.39 is 0 Å². The van der Waals surface area contributed by atoms with E-state index in [-0.39, 0.29) is 0 Å². The van der Waals surface area contributed by atoms with E-state index in [1.807, 2.05) is 6.07 Å². The zero-order valence-corrected chi connectivity index (χ0v) is 11.4. The molecule has 1 aromatic rings. The Hall–Kier alpha value is -1.02. The van der Waals surface area contributed by atoms with Crippen molar-refractivity contribution >= 4 is 0 Å². The molecule has 1 aliphatic rings. The van der Waals surface area contributed by atoms with Crippen molar-refractivity contribution < 1.29 is 4.74 Å². The second-order valence-corrected chi connectivity index (χ2v) is 5.31. The zero-order chi connectivity index (χ0) is 12.8. The smallest absolute Gasteiger partial charge is 0.119 e. The summed E-state index contributed by atoms with van der Waals surface area (Å²) < 4.78 is 5.71. The van der Waals surface area contributed by atoms with E-state index in [9.17, 15) is 0 Å². The summed E-state index contributed by atoms with van der Waals surface area (Å²) in [5.74, 6) is 2.28. The molecule has 1 aromatic carbocycles. The molecule has 1 unspecified atom stereocenters. The summed E-state index contributed by atoms with van der Waals surface area (Å²) >= 11 is 0. The van der Waals surface area contributed by atoms with Gasteiger partial charge in [-0.3, -0.25) is 0 Å². The second-order valence-electron chi connectivity index (χ2n) is 5.31. The van der Waals surface area contributed by atoms with Crippen LogP contribution >= 0.6 is 0 Å². The van der Waals surface area contributed by atoms with Crippen molar-refractivity contribution in [2.45, 2.75) is 44.9 Å². The van der Waals surface area contributed by atoms with Gasteiger partial charge < -0.3 is 10.5 Å². The van der Waals surface area contributed by atoms with Crippen LogP contribution in [-0.2, 0) is 0 Å². The summed E-state index contributed by atoms with van der Waals surface area (Å²) in [6.07, 6.45) is 6.46. The molecule has 18 heavy (non-hydrogen) atoms. The molecular formula is C16H25NO. The van der Waals surface area contributed by atoms with Gasteiger partial charge in [0.1, 0.15) is 5.75 Å². The molecule has 0 spiro atoms. The number of hydrogen-bond donors (Lipinski definition) is 1. The molecule has 0 bridgehead atoms. The highest BCUT2D eigenvalue weighted by Gasteiger charge is 2.25. The van der Waals surface area contributed by atoms with Crippen LogP contribution in [0.4, 0.5) is 0 Å². The van der Waals surface area contributed by atoms with Crippen LogP contribution in [0.3, 0.4) is 0 Å². The molecule has 0 aromatic heterocycles. The van der Waals surface area contributed by atoms with Crippen LogP contribution in [0, 0.1) is 5.92 Å². The van der Waals surface area contributed by atoms with Gasteiger partial charge in [-0.1, -0.05) is 31.9 Å². The molecule has 2 N–H and O–H groups in total. The van der Waals surface area contributed by atoms with Crippen LogP contribution < -0.4 is 10.5 Å². The fourth-order valence-corrected chi connectivity index (χ4v) is 3.02. The van der Waals surface area contributed by atoms with Gasteiger partial charge in [-0.2, -0.15) is 0 Å². The third-order valence-electron chi connectivity index (χ3n) is 3.98. The van der Waals surface area contributed by atoms with Crippen LogP contribution in [0.1, 0.15) is 50.5 Å². The molecule has 100 valence electrons. The van der Waals surface area contributed by atoms with Gasteiger partial charge in [0.05, 0.1) is 6.61 Å². The average molecular weight is 247 g/mol. The number of ether oxygens (including phenoxy) is 1. The molecule has 0 heterocycles. The van der Waals surface area contributed by atoms with Crippen LogP contribution in [0.25, 0.3) is 0 Å². The fourth-order valence-electron chi connectivity index (χ4n) is 3.02. The minimum Gasteiger partial charge on any atom is -0.494 e. The molecule has 1 aliphatic carbocycles. The Kier molecular flexibility index (Phi) is 5.06. The third kappa shape index (κ3) is 3.26. The van der Waals surface area contributed by atoms with Crippen molar-refractivity contribution in [2.75, 3.05) is 13.2 Å². The van der Waals surface area contributed by atoms with E-state index >= 15 is 0 Å². The van der Waals surface area contributed by atoms with Crippen LogP contribution in [0.15, 0.2) is 24.3 Å². The van der Waals surface area contributed by atoms with Crippen LogP contribution in [0.2, 0.25) is 0 Å². The minimum absolute atomic E-state index is 0.512. The normalized spacial score (nSPS) is 17.9. The van der Waals surface area contributed by atoms with Gasteiger partial charge in [0, 0.05) is 0 Å². The van der Waals surface area contributed by atoms with Crippen LogP contribution in [0.5, 0.6) is 5.75 Å². The number of rotatable bonds is 6.